The molecule has 2 aliphatic rings. The molecule has 2 fully saturated rings. The molecule has 200 valence electrons. The number of carbonyl (C=O) groups is 2. The van der Waals surface area contributed by atoms with Crippen LogP contribution in [0.2, 0.25) is 0 Å². The largest absolute Gasteiger partial charge is 0.354 e. The number of piperazine rings is 1. The van der Waals surface area contributed by atoms with E-state index >= 15 is 0 Å². The first-order valence-electron chi connectivity index (χ1n) is 12.8. The highest BCUT2D eigenvalue weighted by atomic mass is 16.2. The second-order valence-electron chi connectivity index (χ2n) is 11.0. The summed E-state index contributed by atoms with van der Waals surface area (Å²) >= 11 is 0. The van der Waals surface area contributed by atoms with Gasteiger partial charge in [0.2, 0.25) is 5.91 Å². The smallest absolute Gasteiger partial charge is 0.338 e. The third-order valence-electron chi connectivity index (χ3n) is 6.87. The summed E-state index contributed by atoms with van der Waals surface area (Å²) in [4.78, 5) is 47.4. The molecule has 4 rings (SSSR count). The van der Waals surface area contributed by atoms with Gasteiger partial charge in [0.25, 0.3) is 0 Å². The van der Waals surface area contributed by atoms with Crippen LogP contribution in [0, 0.1) is 0 Å². The first-order chi connectivity index (χ1) is 17.4. The summed E-state index contributed by atoms with van der Waals surface area (Å²) in [6.07, 6.45) is 3.74. The number of hydrogen-bond donors (Lipinski definition) is 3. The van der Waals surface area contributed by atoms with Gasteiger partial charge in [-0.1, -0.05) is 12.1 Å². The van der Waals surface area contributed by atoms with Crippen LogP contribution in [-0.2, 0) is 11.3 Å². The predicted octanol–water partition coefficient (Wildman–Crippen LogP) is 0.959. The molecular formula is C26H38N8O3. The molecule has 1 aromatic carbocycles. The molecular weight excluding hydrogens is 472 g/mol. The summed E-state index contributed by atoms with van der Waals surface area (Å²) in [5.41, 5.74) is 12.5. The highest BCUT2D eigenvalue weighted by Crippen LogP contribution is 2.20. The predicted molar refractivity (Wildman–Crippen MR) is 142 cm³/mol. The average molecular weight is 511 g/mol. The van der Waals surface area contributed by atoms with Crippen LogP contribution in [0.5, 0.6) is 0 Å². The molecule has 37 heavy (non-hydrogen) atoms. The summed E-state index contributed by atoms with van der Waals surface area (Å²) in [7, 11) is 0. The van der Waals surface area contributed by atoms with E-state index in [0.29, 0.717) is 31.9 Å². The first kappa shape index (κ1) is 26.8. The lowest BCUT2D eigenvalue weighted by molar-refractivity contribution is -0.137. The van der Waals surface area contributed by atoms with Gasteiger partial charge in [-0.05, 0) is 63.9 Å². The summed E-state index contributed by atoms with van der Waals surface area (Å²) in [5.74, 6) is 0.0373. The monoisotopic (exact) mass is 510 g/mol. The van der Waals surface area contributed by atoms with Crippen molar-refractivity contribution in [3.63, 3.8) is 0 Å². The maximum atomic E-state index is 12.7. The van der Waals surface area contributed by atoms with E-state index in [1.807, 2.05) is 24.3 Å². The van der Waals surface area contributed by atoms with Crippen LogP contribution < -0.4 is 22.5 Å². The minimum atomic E-state index is -0.946. The Balaban J connectivity index is 1.33. The van der Waals surface area contributed by atoms with Crippen LogP contribution in [-0.4, -0.2) is 86.5 Å². The number of piperidine rings is 1. The Kier molecular flexibility index (Phi) is 7.67. The van der Waals surface area contributed by atoms with E-state index in [-0.39, 0.29) is 23.3 Å². The van der Waals surface area contributed by atoms with Gasteiger partial charge in [-0.2, -0.15) is 4.98 Å². The maximum absolute atomic E-state index is 12.7. The molecule has 2 aliphatic heterocycles. The molecule has 3 heterocycles. The van der Waals surface area contributed by atoms with Gasteiger partial charge in [-0.15, -0.1) is 0 Å². The third-order valence-corrected chi connectivity index (χ3v) is 6.87. The molecule has 0 spiro atoms. The van der Waals surface area contributed by atoms with Gasteiger partial charge >= 0.3 is 11.7 Å². The van der Waals surface area contributed by atoms with Crippen molar-refractivity contribution >= 4 is 17.8 Å². The lowest BCUT2D eigenvalue weighted by Gasteiger charge is -2.37. The van der Waals surface area contributed by atoms with Crippen molar-refractivity contribution < 1.29 is 9.59 Å². The van der Waals surface area contributed by atoms with Gasteiger partial charge < -0.3 is 21.3 Å². The van der Waals surface area contributed by atoms with E-state index in [4.69, 9.17) is 11.5 Å². The molecule has 0 radical (unpaired) electrons. The minimum absolute atomic E-state index is 0.143. The van der Waals surface area contributed by atoms with Gasteiger partial charge in [0.05, 0.1) is 11.2 Å². The summed E-state index contributed by atoms with van der Waals surface area (Å²) in [5, 5.41) is 2.69. The normalized spacial score (nSPS) is 21.1. The van der Waals surface area contributed by atoms with E-state index in [2.05, 4.69) is 22.1 Å². The number of urea groups is 1. The number of amides is 3. The molecule has 0 bridgehead atoms. The van der Waals surface area contributed by atoms with Gasteiger partial charge in [-0.25, -0.2) is 9.59 Å². The van der Waals surface area contributed by atoms with E-state index in [0.717, 1.165) is 38.0 Å². The van der Waals surface area contributed by atoms with Crippen LogP contribution >= 0.6 is 0 Å². The summed E-state index contributed by atoms with van der Waals surface area (Å²) < 4.78 is 1.44. The van der Waals surface area contributed by atoms with Crippen LogP contribution in [0.15, 0.2) is 41.3 Å². The lowest BCUT2D eigenvalue weighted by Crippen LogP contribution is -2.58. The highest BCUT2D eigenvalue weighted by Gasteiger charge is 2.31. The van der Waals surface area contributed by atoms with Crippen LogP contribution in [0.4, 0.5) is 10.6 Å². The number of nitrogens with two attached hydrogens (primary N) is 2. The van der Waals surface area contributed by atoms with E-state index < -0.39 is 11.2 Å². The number of rotatable bonds is 5. The Morgan fingerprint density at radius 2 is 1.70 bits per heavy atom. The van der Waals surface area contributed by atoms with Crippen molar-refractivity contribution in [2.75, 3.05) is 44.6 Å². The van der Waals surface area contributed by atoms with Crippen molar-refractivity contribution in [1.82, 2.24) is 24.3 Å². The van der Waals surface area contributed by atoms with Crippen LogP contribution in [0.25, 0.3) is 5.69 Å². The molecule has 5 N–H and O–H groups in total. The Bertz CT molecular complexity index is 1180. The maximum Gasteiger partial charge on any atom is 0.354 e. The van der Waals surface area contributed by atoms with Crippen LogP contribution in [0.1, 0.15) is 39.2 Å². The zero-order chi connectivity index (χ0) is 26.8. The van der Waals surface area contributed by atoms with Crippen LogP contribution in [0.3, 0.4) is 0 Å². The fourth-order valence-electron chi connectivity index (χ4n) is 4.91. The first-order valence-corrected chi connectivity index (χ1v) is 12.8. The van der Waals surface area contributed by atoms with Crippen molar-refractivity contribution in [2.24, 2.45) is 11.5 Å². The molecule has 3 amide bonds. The Labute approximate surface area is 217 Å². The second kappa shape index (κ2) is 10.6. The molecule has 2 aromatic rings. The van der Waals surface area contributed by atoms with Gasteiger partial charge in [0.15, 0.2) is 0 Å². The third kappa shape index (κ3) is 6.73. The van der Waals surface area contributed by atoms with Gasteiger partial charge in [-0.3, -0.25) is 19.6 Å². The Morgan fingerprint density at radius 3 is 2.30 bits per heavy atom. The summed E-state index contributed by atoms with van der Waals surface area (Å²) in [6.45, 7) is 9.71. The minimum Gasteiger partial charge on any atom is -0.338 e. The molecule has 2 saturated heterocycles. The second-order valence-corrected chi connectivity index (χ2v) is 11.0. The topological polar surface area (TPSA) is 143 Å². The number of anilines is 1. The number of nitrogens with zero attached hydrogens (tertiary/aromatic N) is 5. The molecule has 11 nitrogen and oxygen atoms in total. The summed E-state index contributed by atoms with van der Waals surface area (Å²) in [6, 6.07) is 9.04. The molecule has 0 saturated carbocycles. The number of aromatic nitrogens is 2. The number of carbonyl (C=O) groups excluding carboxylic acids is 2. The van der Waals surface area contributed by atoms with E-state index in [1.54, 1.807) is 35.9 Å². The lowest BCUT2D eigenvalue weighted by atomic mass is 9.92. The number of benzene rings is 1. The molecule has 11 heteroatoms. The van der Waals surface area contributed by atoms with E-state index in [1.165, 1.54) is 4.57 Å². The standard InChI is InChI=1S/C26H38N8O3/c1-25(2,27)22(35)32-13-15-33(16-14-32)23(36)29-21-9-12-34(24(37)30-21)20-7-5-19(6-8-20)17-31-11-4-10-26(3,28)18-31/h5-9,12H,4,10-11,13-18,27-28H2,1-3H3,(H,29,30,36,37). The number of nitrogens with one attached hydrogen (secondary N) is 1. The Morgan fingerprint density at radius 1 is 1.05 bits per heavy atom. The zero-order valence-electron chi connectivity index (χ0n) is 21.9. The fraction of sp³-hybridized carbons (Fsp3) is 0.538. The Hall–Kier alpha value is -3.28. The number of hydrogen-bond acceptors (Lipinski definition) is 7. The van der Waals surface area contributed by atoms with Gasteiger partial charge in [0, 0.05) is 51.0 Å². The SMILES string of the molecule is CC1(N)CCCN(Cc2ccc(-n3ccc(NC(=O)N4CCN(C(=O)C(C)(C)N)CC4)nc3=O)cc2)C1. The van der Waals surface area contributed by atoms with Gasteiger partial charge in [0.1, 0.15) is 5.82 Å². The quantitative estimate of drug-likeness (QED) is 0.544. The fourth-order valence-corrected chi connectivity index (χ4v) is 4.91. The average Bonchev–Trinajstić information content (AvgIpc) is 2.83. The van der Waals surface area contributed by atoms with Crippen molar-refractivity contribution in [2.45, 2.75) is 51.2 Å². The highest BCUT2D eigenvalue weighted by molar-refractivity contribution is 5.89. The number of likely N-dealkylation sites (tertiary alicyclic amines) is 1. The molecule has 1 atom stereocenters. The molecule has 1 aromatic heterocycles. The van der Waals surface area contributed by atoms with E-state index in [9.17, 15) is 14.4 Å². The van der Waals surface area contributed by atoms with Crippen molar-refractivity contribution in [3.8, 4) is 5.69 Å². The zero-order valence-corrected chi connectivity index (χ0v) is 21.9. The molecule has 1 unspecified atom stereocenters. The van der Waals surface area contributed by atoms with Crippen molar-refractivity contribution in [3.05, 3.63) is 52.6 Å². The molecule has 0 aliphatic carbocycles. The van der Waals surface area contributed by atoms with Crippen molar-refractivity contribution in [1.29, 1.82) is 0 Å².